The van der Waals surface area contributed by atoms with Crippen molar-refractivity contribution in [3.8, 4) is 11.1 Å². The van der Waals surface area contributed by atoms with Crippen LogP contribution in [0.15, 0.2) is 97.5 Å². The third-order valence-electron chi connectivity index (χ3n) is 8.06. The molecule has 5 aromatic rings. The third kappa shape index (κ3) is 6.58. The Kier molecular flexibility index (Phi) is 8.57. The first-order valence-corrected chi connectivity index (χ1v) is 15.3. The summed E-state index contributed by atoms with van der Waals surface area (Å²) in [5, 5.41) is 8.70. The molecule has 2 N–H and O–H groups in total. The smallest absolute Gasteiger partial charge is 0.257 e. The van der Waals surface area contributed by atoms with Gasteiger partial charge >= 0.3 is 0 Å². The molecule has 0 saturated carbocycles. The molecule has 3 heterocycles. The van der Waals surface area contributed by atoms with E-state index < -0.39 is 0 Å². The predicted molar refractivity (Wildman–Crippen MR) is 177 cm³/mol. The molecule has 44 heavy (non-hydrogen) atoms. The summed E-state index contributed by atoms with van der Waals surface area (Å²) in [7, 11) is 0. The summed E-state index contributed by atoms with van der Waals surface area (Å²) in [5.74, 6) is 0.682. The van der Waals surface area contributed by atoms with Gasteiger partial charge in [-0.3, -0.25) is 14.6 Å². The molecule has 0 unspecified atom stereocenters. The number of halogens is 1. The first kappa shape index (κ1) is 29.3. The Hall–Kier alpha value is -4.75. The highest BCUT2D eigenvalue weighted by Crippen LogP contribution is 2.32. The fourth-order valence-electron chi connectivity index (χ4n) is 5.67. The van der Waals surface area contributed by atoms with Crippen molar-refractivity contribution in [2.75, 3.05) is 23.7 Å². The van der Waals surface area contributed by atoms with Gasteiger partial charge in [-0.25, -0.2) is 4.98 Å². The van der Waals surface area contributed by atoms with Crippen LogP contribution >= 0.6 is 11.6 Å². The van der Waals surface area contributed by atoms with Gasteiger partial charge in [0.1, 0.15) is 5.82 Å². The second-order valence-electron chi connectivity index (χ2n) is 11.5. The number of pyridine rings is 2. The second kappa shape index (κ2) is 12.9. The Bertz CT molecular complexity index is 1800. The van der Waals surface area contributed by atoms with E-state index in [0.29, 0.717) is 46.7 Å². The van der Waals surface area contributed by atoms with Crippen LogP contribution in [0.5, 0.6) is 0 Å². The summed E-state index contributed by atoms with van der Waals surface area (Å²) < 4.78 is 0. The number of nitrogens with zero attached hydrogens (tertiary/aromatic N) is 3. The number of aromatic nitrogens is 2. The highest BCUT2D eigenvalue weighted by molar-refractivity contribution is 6.34. The van der Waals surface area contributed by atoms with Crippen molar-refractivity contribution in [1.82, 2.24) is 14.9 Å². The molecule has 0 atom stereocenters. The standard InChI is InChI=1S/C36H34ClN5O2/c1-23(2)40-34-12-10-31(22-39-34)35(43)41-33-20-29(9-11-32(33)37)36(44)42-17-14-26(15-18-42)24-3-5-25(6-4-24)27-7-8-30-21-38-16-13-28(30)19-27/h3-13,16,19-23,26H,14-15,17-18H2,1-2H3,(H,39,40)(H,41,43). The van der Waals surface area contributed by atoms with Gasteiger partial charge in [-0.1, -0.05) is 48.0 Å². The summed E-state index contributed by atoms with van der Waals surface area (Å²) in [4.78, 5) is 36.7. The minimum absolute atomic E-state index is 0.0664. The lowest BCUT2D eigenvalue weighted by atomic mass is 9.88. The number of rotatable bonds is 7. The molecule has 2 aromatic heterocycles. The number of amides is 2. The lowest BCUT2D eigenvalue weighted by molar-refractivity contribution is 0.0712. The van der Waals surface area contributed by atoms with Crippen LogP contribution in [0.3, 0.4) is 0 Å². The Morgan fingerprint density at radius 2 is 1.59 bits per heavy atom. The Morgan fingerprint density at radius 3 is 2.32 bits per heavy atom. The lowest BCUT2D eigenvalue weighted by Crippen LogP contribution is -2.38. The molecule has 2 amide bonds. The number of piperidine rings is 1. The average Bonchev–Trinajstić information content (AvgIpc) is 3.05. The Morgan fingerprint density at radius 1 is 0.841 bits per heavy atom. The van der Waals surface area contributed by atoms with Crippen LogP contribution in [0.25, 0.3) is 21.9 Å². The predicted octanol–water partition coefficient (Wildman–Crippen LogP) is 8.04. The molecule has 0 bridgehead atoms. The fourth-order valence-corrected chi connectivity index (χ4v) is 5.83. The number of carbonyl (C=O) groups is 2. The van der Waals surface area contributed by atoms with Crippen molar-refractivity contribution in [2.24, 2.45) is 0 Å². The molecule has 7 nitrogen and oxygen atoms in total. The van der Waals surface area contributed by atoms with Gasteiger partial charge in [0.15, 0.2) is 0 Å². The van der Waals surface area contributed by atoms with Crippen LogP contribution in [0.4, 0.5) is 11.5 Å². The van der Waals surface area contributed by atoms with E-state index in [-0.39, 0.29) is 17.9 Å². The number of anilines is 2. The van der Waals surface area contributed by atoms with Gasteiger partial charge in [-0.15, -0.1) is 0 Å². The molecule has 0 aliphatic carbocycles. The van der Waals surface area contributed by atoms with E-state index >= 15 is 0 Å². The van der Waals surface area contributed by atoms with Crippen molar-refractivity contribution in [1.29, 1.82) is 0 Å². The molecule has 1 saturated heterocycles. The molecular weight excluding hydrogens is 570 g/mol. The van der Waals surface area contributed by atoms with E-state index in [1.807, 2.05) is 37.2 Å². The molecule has 8 heteroatoms. The van der Waals surface area contributed by atoms with Gasteiger partial charge in [0.25, 0.3) is 11.8 Å². The van der Waals surface area contributed by atoms with Crippen LogP contribution < -0.4 is 10.6 Å². The monoisotopic (exact) mass is 603 g/mol. The van der Waals surface area contributed by atoms with Crippen LogP contribution in [-0.2, 0) is 0 Å². The van der Waals surface area contributed by atoms with Gasteiger partial charge in [-0.05, 0) is 97.1 Å². The van der Waals surface area contributed by atoms with Crippen molar-refractivity contribution < 1.29 is 9.59 Å². The van der Waals surface area contributed by atoms with E-state index in [1.54, 1.807) is 30.3 Å². The maximum absolute atomic E-state index is 13.4. The van der Waals surface area contributed by atoms with Gasteiger partial charge in [0.05, 0.1) is 16.3 Å². The molecule has 0 radical (unpaired) electrons. The molecular formula is C36H34ClN5O2. The molecule has 1 aliphatic heterocycles. The van der Waals surface area contributed by atoms with Crippen LogP contribution in [-0.4, -0.2) is 45.8 Å². The maximum atomic E-state index is 13.4. The summed E-state index contributed by atoms with van der Waals surface area (Å²) in [6.07, 6.45) is 7.00. The van der Waals surface area contributed by atoms with Crippen molar-refractivity contribution in [2.45, 2.75) is 38.6 Å². The average molecular weight is 604 g/mol. The SMILES string of the molecule is CC(C)Nc1ccc(C(=O)Nc2cc(C(=O)N3CCC(c4ccc(-c5ccc6cnccc6c5)cc4)CC3)ccc2Cl)cn1. The van der Waals surface area contributed by atoms with Crippen LogP contribution in [0, 0.1) is 0 Å². The first-order chi connectivity index (χ1) is 21.3. The van der Waals surface area contributed by atoms with E-state index in [4.69, 9.17) is 11.6 Å². The van der Waals surface area contributed by atoms with Crippen LogP contribution in [0.2, 0.25) is 5.02 Å². The minimum Gasteiger partial charge on any atom is -0.368 e. The highest BCUT2D eigenvalue weighted by Gasteiger charge is 2.25. The van der Waals surface area contributed by atoms with Crippen molar-refractivity contribution >= 4 is 45.7 Å². The number of likely N-dealkylation sites (tertiary alicyclic amines) is 1. The fraction of sp³-hybridized carbons (Fsp3) is 0.222. The number of fused-ring (bicyclic) bond motifs is 1. The maximum Gasteiger partial charge on any atom is 0.257 e. The number of hydrogen-bond donors (Lipinski definition) is 2. The van der Waals surface area contributed by atoms with Crippen molar-refractivity contribution in [3.63, 3.8) is 0 Å². The Balaban J connectivity index is 1.07. The number of benzene rings is 3. The molecule has 3 aromatic carbocycles. The zero-order chi connectivity index (χ0) is 30.6. The molecule has 0 spiro atoms. The molecule has 222 valence electrons. The number of carbonyl (C=O) groups excluding carboxylic acids is 2. The molecule has 1 aliphatic rings. The lowest BCUT2D eigenvalue weighted by Gasteiger charge is -2.32. The summed E-state index contributed by atoms with van der Waals surface area (Å²) in [5.41, 5.74) is 4.95. The van der Waals surface area contributed by atoms with Gasteiger partial charge in [0.2, 0.25) is 0 Å². The first-order valence-electron chi connectivity index (χ1n) is 14.9. The third-order valence-corrected chi connectivity index (χ3v) is 8.39. The highest BCUT2D eigenvalue weighted by atomic mass is 35.5. The Labute approximate surface area is 262 Å². The summed E-state index contributed by atoms with van der Waals surface area (Å²) in [6, 6.07) is 26.0. The van der Waals surface area contributed by atoms with Gasteiger partial charge in [0, 0.05) is 48.7 Å². The van der Waals surface area contributed by atoms with E-state index in [9.17, 15) is 9.59 Å². The van der Waals surface area contributed by atoms with Gasteiger partial charge in [-0.2, -0.15) is 0 Å². The van der Waals surface area contributed by atoms with Crippen molar-refractivity contribution in [3.05, 3.63) is 119 Å². The van der Waals surface area contributed by atoms with E-state index in [0.717, 1.165) is 18.2 Å². The van der Waals surface area contributed by atoms with Gasteiger partial charge < -0.3 is 15.5 Å². The quantitative estimate of drug-likeness (QED) is 0.197. The summed E-state index contributed by atoms with van der Waals surface area (Å²) >= 11 is 6.40. The normalized spacial score (nSPS) is 13.7. The second-order valence-corrected chi connectivity index (χ2v) is 11.9. The topological polar surface area (TPSA) is 87.2 Å². The number of hydrogen-bond acceptors (Lipinski definition) is 5. The summed E-state index contributed by atoms with van der Waals surface area (Å²) in [6.45, 7) is 5.37. The zero-order valence-corrected chi connectivity index (χ0v) is 25.5. The molecule has 1 fully saturated rings. The van der Waals surface area contributed by atoms with Crippen LogP contribution in [0.1, 0.15) is 58.9 Å². The zero-order valence-electron chi connectivity index (χ0n) is 24.8. The minimum atomic E-state index is -0.343. The van der Waals surface area contributed by atoms with E-state index in [2.05, 4.69) is 63.1 Å². The number of nitrogens with one attached hydrogen (secondary N) is 2. The van der Waals surface area contributed by atoms with E-state index in [1.165, 1.54) is 28.3 Å². The molecule has 6 rings (SSSR count). The largest absolute Gasteiger partial charge is 0.368 e.